The van der Waals surface area contributed by atoms with Crippen LogP contribution in [-0.2, 0) is 9.59 Å². The highest BCUT2D eigenvalue weighted by Crippen LogP contribution is 2.08. The third-order valence-corrected chi connectivity index (χ3v) is 2.58. The van der Waals surface area contributed by atoms with Crippen molar-refractivity contribution in [1.29, 1.82) is 0 Å². The Morgan fingerprint density at radius 3 is 2.62 bits per heavy atom. The van der Waals surface area contributed by atoms with E-state index in [9.17, 15) is 14.4 Å². The van der Waals surface area contributed by atoms with Crippen LogP contribution in [0.5, 0.6) is 0 Å². The highest BCUT2D eigenvalue weighted by Gasteiger charge is 2.05. The molecule has 0 bridgehead atoms. The van der Waals surface area contributed by atoms with Crippen LogP contribution in [0.2, 0.25) is 0 Å². The molecule has 7 nitrogen and oxygen atoms in total. The zero-order valence-electron chi connectivity index (χ0n) is 11.8. The van der Waals surface area contributed by atoms with Gasteiger partial charge in [-0.25, -0.2) is 4.79 Å². The molecule has 3 amide bonds. The fourth-order valence-electron chi connectivity index (χ4n) is 1.59. The van der Waals surface area contributed by atoms with Crippen LogP contribution in [0.25, 0.3) is 0 Å². The lowest BCUT2D eigenvalue weighted by Gasteiger charge is -2.08. The van der Waals surface area contributed by atoms with E-state index < -0.39 is 12.0 Å². The van der Waals surface area contributed by atoms with Gasteiger partial charge in [-0.05, 0) is 31.0 Å². The number of aliphatic carboxylic acids is 1. The summed E-state index contributed by atoms with van der Waals surface area (Å²) in [5.41, 5.74) is 1.67. The minimum Gasteiger partial charge on any atom is -0.481 e. The van der Waals surface area contributed by atoms with Gasteiger partial charge in [-0.2, -0.15) is 0 Å². The van der Waals surface area contributed by atoms with E-state index in [0.717, 1.165) is 5.56 Å². The van der Waals surface area contributed by atoms with Crippen molar-refractivity contribution in [2.45, 2.75) is 19.8 Å². The number of hydrogen-bond acceptors (Lipinski definition) is 3. The monoisotopic (exact) mass is 293 g/mol. The number of carbonyl (C=O) groups is 3. The molecule has 0 fully saturated rings. The molecule has 4 N–H and O–H groups in total. The molecule has 0 saturated carbocycles. The summed E-state index contributed by atoms with van der Waals surface area (Å²) >= 11 is 0. The van der Waals surface area contributed by atoms with Crippen LogP contribution < -0.4 is 16.0 Å². The lowest BCUT2D eigenvalue weighted by atomic mass is 10.2. The van der Waals surface area contributed by atoms with Gasteiger partial charge in [-0.1, -0.05) is 12.1 Å². The molecule has 0 atom stereocenters. The van der Waals surface area contributed by atoms with Crippen LogP contribution in [0.4, 0.5) is 10.5 Å². The molecular formula is C14H19N3O4. The molecule has 0 unspecified atom stereocenters. The molecule has 114 valence electrons. The highest BCUT2D eigenvalue weighted by molar-refractivity contribution is 5.92. The topological polar surface area (TPSA) is 108 Å². The van der Waals surface area contributed by atoms with E-state index in [0.29, 0.717) is 12.1 Å². The first-order valence-electron chi connectivity index (χ1n) is 6.57. The van der Waals surface area contributed by atoms with Crippen LogP contribution in [0.1, 0.15) is 18.4 Å². The number of carbonyl (C=O) groups excluding carboxylic acids is 2. The van der Waals surface area contributed by atoms with Crippen LogP contribution in [0, 0.1) is 6.92 Å². The zero-order chi connectivity index (χ0) is 15.7. The first-order valence-corrected chi connectivity index (χ1v) is 6.57. The first kappa shape index (κ1) is 16.5. The molecule has 21 heavy (non-hydrogen) atoms. The number of carboxylic acids is 1. The molecular weight excluding hydrogens is 274 g/mol. The first-order chi connectivity index (χ1) is 9.97. The Hall–Kier alpha value is -2.57. The van der Waals surface area contributed by atoms with Gasteiger partial charge in [0.15, 0.2) is 0 Å². The second-order valence-electron chi connectivity index (χ2n) is 4.52. The molecule has 0 heterocycles. The molecule has 0 radical (unpaired) electrons. The Bertz CT molecular complexity index is 517. The summed E-state index contributed by atoms with van der Waals surface area (Å²) in [5.74, 6) is -1.26. The Morgan fingerprint density at radius 2 is 1.95 bits per heavy atom. The minimum absolute atomic E-state index is 0.00154. The van der Waals surface area contributed by atoms with Crippen molar-refractivity contribution in [3.8, 4) is 0 Å². The Morgan fingerprint density at radius 1 is 1.19 bits per heavy atom. The van der Waals surface area contributed by atoms with Gasteiger partial charge in [0, 0.05) is 18.7 Å². The molecule has 1 rings (SSSR count). The summed E-state index contributed by atoms with van der Waals surface area (Å²) in [4.78, 5) is 33.2. The maximum Gasteiger partial charge on any atom is 0.319 e. The molecule has 7 heteroatoms. The van der Waals surface area contributed by atoms with Gasteiger partial charge in [0.25, 0.3) is 0 Å². The van der Waals surface area contributed by atoms with Gasteiger partial charge in [0.05, 0.1) is 6.54 Å². The van der Waals surface area contributed by atoms with Crippen molar-refractivity contribution in [1.82, 2.24) is 10.6 Å². The predicted molar refractivity (Wildman–Crippen MR) is 78.1 cm³/mol. The van der Waals surface area contributed by atoms with Gasteiger partial charge in [0.2, 0.25) is 5.91 Å². The number of hydrogen-bond donors (Lipinski definition) is 4. The quantitative estimate of drug-likeness (QED) is 0.564. The van der Waals surface area contributed by atoms with Gasteiger partial charge < -0.3 is 21.1 Å². The number of amides is 3. The molecule has 0 aliphatic heterocycles. The largest absolute Gasteiger partial charge is 0.481 e. The average Bonchev–Trinajstić information content (AvgIpc) is 2.41. The summed E-state index contributed by atoms with van der Waals surface area (Å²) < 4.78 is 0. The standard InChI is InChI=1S/C14H19N3O4/c1-10-4-2-5-11(8-10)17-14(21)16-9-12(18)15-7-3-6-13(19)20/h2,4-5,8H,3,6-7,9H2,1H3,(H,15,18)(H,19,20)(H2,16,17,21). The van der Waals surface area contributed by atoms with Crippen molar-refractivity contribution in [3.63, 3.8) is 0 Å². The Labute approximate surface area is 122 Å². The smallest absolute Gasteiger partial charge is 0.319 e. The summed E-state index contributed by atoms with van der Waals surface area (Å²) in [6, 6.07) is 6.82. The van der Waals surface area contributed by atoms with Crippen LogP contribution in [-0.4, -0.2) is 36.1 Å². The lowest BCUT2D eigenvalue weighted by molar-refractivity contribution is -0.137. The Balaban J connectivity index is 2.20. The van der Waals surface area contributed by atoms with Crippen molar-refractivity contribution >= 4 is 23.6 Å². The maximum atomic E-state index is 11.6. The van der Waals surface area contributed by atoms with Crippen molar-refractivity contribution in [2.24, 2.45) is 0 Å². The summed E-state index contributed by atoms with van der Waals surface area (Å²) in [5, 5.41) is 16.0. The maximum absolute atomic E-state index is 11.6. The number of carboxylic acid groups (broad SMARTS) is 1. The third-order valence-electron chi connectivity index (χ3n) is 2.58. The fourth-order valence-corrected chi connectivity index (χ4v) is 1.59. The Kier molecular flexibility index (Phi) is 6.73. The SMILES string of the molecule is Cc1cccc(NC(=O)NCC(=O)NCCCC(=O)O)c1. The lowest BCUT2D eigenvalue weighted by Crippen LogP contribution is -2.39. The molecule has 0 saturated heterocycles. The van der Waals surface area contributed by atoms with E-state index in [1.165, 1.54) is 0 Å². The van der Waals surface area contributed by atoms with E-state index in [1.54, 1.807) is 6.07 Å². The number of aryl methyl sites for hydroxylation is 1. The normalized spacial score (nSPS) is 9.76. The number of benzene rings is 1. The van der Waals surface area contributed by atoms with Crippen molar-refractivity contribution in [3.05, 3.63) is 29.8 Å². The summed E-state index contributed by atoms with van der Waals surface area (Å²) in [6.07, 6.45) is 0.359. The number of rotatable bonds is 7. The molecule has 0 aliphatic rings. The van der Waals surface area contributed by atoms with Gasteiger partial charge >= 0.3 is 12.0 Å². The van der Waals surface area contributed by atoms with Crippen LogP contribution in [0.3, 0.4) is 0 Å². The number of nitrogens with one attached hydrogen (secondary N) is 3. The molecule has 1 aromatic rings. The van der Waals surface area contributed by atoms with Crippen molar-refractivity contribution in [2.75, 3.05) is 18.4 Å². The number of urea groups is 1. The second-order valence-corrected chi connectivity index (χ2v) is 4.52. The van der Waals surface area contributed by atoms with Crippen molar-refractivity contribution < 1.29 is 19.5 Å². The van der Waals surface area contributed by atoms with E-state index in [1.807, 2.05) is 25.1 Å². The van der Waals surface area contributed by atoms with Gasteiger partial charge in [-0.3, -0.25) is 9.59 Å². The number of anilines is 1. The van der Waals surface area contributed by atoms with Crippen LogP contribution in [0.15, 0.2) is 24.3 Å². The van der Waals surface area contributed by atoms with Gasteiger partial charge in [0.1, 0.15) is 0 Å². The molecule has 0 aromatic heterocycles. The highest BCUT2D eigenvalue weighted by atomic mass is 16.4. The zero-order valence-corrected chi connectivity index (χ0v) is 11.8. The third kappa shape index (κ3) is 7.56. The molecule has 0 aliphatic carbocycles. The summed E-state index contributed by atoms with van der Waals surface area (Å²) in [7, 11) is 0. The fraction of sp³-hybridized carbons (Fsp3) is 0.357. The van der Waals surface area contributed by atoms with Gasteiger partial charge in [-0.15, -0.1) is 0 Å². The molecule has 0 spiro atoms. The van der Waals surface area contributed by atoms with E-state index in [4.69, 9.17) is 5.11 Å². The van der Waals surface area contributed by atoms with Crippen LogP contribution >= 0.6 is 0 Å². The minimum atomic E-state index is -0.903. The average molecular weight is 293 g/mol. The molecule has 1 aromatic carbocycles. The second kappa shape index (κ2) is 8.57. The van der Waals surface area contributed by atoms with E-state index >= 15 is 0 Å². The predicted octanol–water partition coefficient (Wildman–Crippen LogP) is 1.10. The summed E-state index contributed by atoms with van der Waals surface area (Å²) in [6.45, 7) is 2.02. The van der Waals surface area contributed by atoms with E-state index in [-0.39, 0.29) is 25.4 Å². The van der Waals surface area contributed by atoms with E-state index in [2.05, 4.69) is 16.0 Å².